The van der Waals surface area contributed by atoms with Crippen molar-refractivity contribution in [2.45, 2.75) is 0 Å². The van der Waals surface area contributed by atoms with Crippen molar-refractivity contribution in [2.75, 3.05) is 5.32 Å². The summed E-state index contributed by atoms with van der Waals surface area (Å²) < 4.78 is 1.69. The number of hydrogen-bond acceptors (Lipinski definition) is 4. The fourth-order valence-electron chi connectivity index (χ4n) is 2.29. The maximum absolute atomic E-state index is 5.95. The average molecular weight is 311 g/mol. The van der Waals surface area contributed by atoms with E-state index in [-0.39, 0.29) is 5.28 Å². The van der Waals surface area contributed by atoms with E-state index >= 15 is 0 Å². The molecule has 4 rings (SSSR count). The molecule has 22 heavy (non-hydrogen) atoms. The normalized spacial score (nSPS) is 11.0. The minimum atomic E-state index is 0.196. The summed E-state index contributed by atoms with van der Waals surface area (Å²) in [5.41, 5.74) is 3.92. The molecule has 0 saturated carbocycles. The molecule has 3 heterocycles. The summed E-state index contributed by atoms with van der Waals surface area (Å²) in [6.07, 6.45) is 5.48. The molecule has 7 heteroatoms. The molecular formula is C15H11ClN6. The van der Waals surface area contributed by atoms with Crippen LogP contribution >= 0.6 is 11.6 Å². The molecule has 6 nitrogen and oxygen atoms in total. The molecule has 0 radical (unpaired) electrons. The van der Waals surface area contributed by atoms with Gasteiger partial charge in [-0.1, -0.05) is 12.1 Å². The lowest BCUT2D eigenvalue weighted by Crippen LogP contribution is -2.00. The predicted molar refractivity (Wildman–Crippen MR) is 85.3 cm³/mol. The number of nitrogens with one attached hydrogen (secondary N) is 2. The summed E-state index contributed by atoms with van der Waals surface area (Å²) in [7, 11) is 0. The SMILES string of the molecule is Clc1nc(Nc2ccc(-c3cn[nH]c3)cc2)c2cccn2n1. The molecule has 0 saturated heterocycles. The van der Waals surface area contributed by atoms with Crippen molar-refractivity contribution in [2.24, 2.45) is 0 Å². The average Bonchev–Trinajstić information content (AvgIpc) is 3.18. The smallest absolute Gasteiger partial charge is 0.243 e. The molecule has 4 aromatic rings. The van der Waals surface area contributed by atoms with Crippen molar-refractivity contribution in [1.82, 2.24) is 24.8 Å². The Morgan fingerprint density at radius 2 is 1.95 bits per heavy atom. The molecule has 0 fully saturated rings. The van der Waals surface area contributed by atoms with Gasteiger partial charge in [-0.15, -0.1) is 5.10 Å². The number of aromatic nitrogens is 5. The van der Waals surface area contributed by atoms with E-state index in [4.69, 9.17) is 11.6 Å². The lowest BCUT2D eigenvalue weighted by molar-refractivity contribution is 0.907. The van der Waals surface area contributed by atoms with Gasteiger partial charge in [0.1, 0.15) is 5.52 Å². The lowest BCUT2D eigenvalue weighted by atomic mass is 10.1. The van der Waals surface area contributed by atoms with Gasteiger partial charge in [0.25, 0.3) is 0 Å². The summed E-state index contributed by atoms with van der Waals surface area (Å²) in [5.74, 6) is 0.668. The van der Waals surface area contributed by atoms with Crippen molar-refractivity contribution in [3.63, 3.8) is 0 Å². The van der Waals surface area contributed by atoms with Crippen LogP contribution < -0.4 is 5.32 Å². The maximum Gasteiger partial charge on any atom is 0.243 e. The van der Waals surface area contributed by atoms with Crippen LogP contribution in [0.25, 0.3) is 16.6 Å². The van der Waals surface area contributed by atoms with Crippen LogP contribution in [0.1, 0.15) is 0 Å². The van der Waals surface area contributed by atoms with Crippen LogP contribution in [0.4, 0.5) is 11.5 Å². The number of nitrogens with zero attached hydrogens (tertiary/aromatic N) is 4. The van der Waals surface area contributed by atoms with Crippen molar-refractivity contribution < 1.29 is 0 Å². The fourth-order valence-corrected chi connectivity index (χ4v) is 2.46. The molecule has 0 aliphatic rings. The monoisotopic (exact) mass is 310 g/mol. The standard InChI is InChI=1S/C15H11ClN6/c16-15-20-14(13-2-1-7-22(13)21-15)19-12-5-3-10(4-6-12)11-8-17-18-9-11/h1-9H,(H,17,18)(H,19,20,21). The Morgan fingerprint density at radius 3 is 2.73 bits per heavy atom. The topological polar surface area (TPSA) is 70.9 Å². The first kappa shape index (κ1) is 12.8. The second-order valence-corrected chi connectivity index (χ2v) is 5.09. The first-order valence-corrected chi connectivity index (χ1v) is 7.04. The van der Waals surface area contributed by atoms with Gasteiger partial charge >= 0.3 is 0 Å². The third-order valence-electron chi connectivity index (χ3n) is 3.34. The number of benzene rings is 1. The Hall–Kier alpha value is -2.86. The molecule has 1 aromatic carbocycles. The molecule has 0 unspecified atom stereocenters. The summed E-state index contributed by atoms with van der Waals surface area (Å²) in [6.45, 7) is 0. The molecule has 108 valence electrons. The Labute approximate surface area is 130 Å². The maximum atomic E-state index is 5.95. The number of anilines is 2. The van der Waals surface area contributed by atoms with E-state index in [1.54, 1.807) is 10.7 Å². The highest BCUT2D eigenvalue weighted by Crippen LogP contribution is 2.24. The highest BCUT2D eigenvalue weighted by molar-refractivity contribution is 6.28. The van der Waals surface area contributed by atoms with Crippen LogP contribution in [0.3, 0.4) is 0 Å². The minimum Gasteiger partial charge on any atom is -0.338 e. The van der Waals surface area contributed by atoms with Gasteiger partial charge in [-0.2, -0.15) is 10.1 Å². The van der Waals surface area contributed by atoms with Gasteiger partial charge in [0.2, 0.25) is 5.28 Å². The molecule has 0 spiro atoms. The van der Waals surface area contributed by atoms with E-state index in [1.807, 2.05) is 48.8 Å². The predicted octanol–water partition coefficient (Wildman–Crippen LogP) is 3.52. The van der Waals surface area contributed by atoms with E-state index in [0.29, 0.717) is 5.82 Å². The van der Waals surface area contributed by atoms with Gasteiger partial charge in [-0.3, -0.25) is 5.10 Å². The van der Waals surface area contributed by atoms with Crippen molar-refractivity contribution >= 4 is 28.6 Å². The zero-order chi connectivity index (χ0) is 14.9. The van der Waals surface area contributed by atoms with Gasteiger partial charge in [0, 0.05) is 23.6 Å². The molecule has 3 aromatic heterocycles. The molecule has 0 aliphatic carbocycles. The Kier molecular flexibility index (Phi) is 3.01. The van der Waals surface area contributed by atoms with Crippen molar-refractivity contribution in [3.05, 3.63) is 60.3 Å². The third-order valence-corrected chi connectivity index (χ3v) is 3.50. The molecule has 2 N–H and O–H groups in total. The quantitative estimate of drug-likeness (QED) is 0.607. The molecule has 0 bridgehead atoms. The zero-order valence-corrected chi connectivity index (χ0v) is 12.1. The largest absolute Gasteiger partial charge is 0.338 e. The molecule has 0 atom stereocenters. The lowest BCUT2D eigenvalue weighted by Gasteiger charge is -2.08. The summed E-state index contributed by atoms with van der Waals surface area (Å²) in [6, 6.07) is 11.8. The van der Waals surface area contributed by atoms with Gasteiger partial charge in [-0.25, -0.2) is 4.52 Å². The second-order valence-electron chi connectivity index (χ2n) is 4.76. The highest BCUT2D eigenvalue weighted by Gasteiger charge is 2.07. The molecule has 0 amide bonds. The highest BCUT2D eigenvalue weighted by atomic mass is 35.5. The third kappa shape index (κ3) is 2.29. The van der Waals surface area contributed by atoms with Gasteiger partial charge in [0.05, 0.1) is 6.20 Å². The molecular weight excluding hydrogens is 300 g/mol. The second kappa shape index (κ2) is 5.16. The Balaban J connectivity index is 1.66. The fraction of sp³-hybridized carbons (Fsp3) is 0. The summed E-state index contributed by atoms with van der Waals surface area (Å²) in [5, 5.41) is 14.3. The number of rotatable bonds is 3. The number of hydrogen-bond donors (Lipinski definition) is 2. The van der Waals surface area contributed by atoms with E-state index in [2.05, 4.69) is 25.6 Å². The Morgan fingerprint density at radius 1 is 1.09 bits per heavy atom. The van der Waals surface area contributed by atoms with E-state index in [0.717, 1.165) is 22.3 Å². The van der Waals surface area contributed by atoms with Gasteiger partial charge < -0.3 is 5.32 Å². The van der Waals surface area contributed by atoms with Crippen molar-refractivity contribution in [1.29, 1.82) is 0 Å². The number of aromatic amines is 1. The summed E-state index contributed by atoms with van der Waals surface area (Å²) in [4.78, 5) is 4.25. The van der Waals surface area contributed by atoms with Crippen LogP contribution in [0.5, 0.6) is 0 Å². The first-order chi connectivity index (χ1) is 10.8. The van der Waals surface area contributed by atoms with Crippen LogP contribution in [0.2, 0.25) is 5.28 Å². The van der Waals surface area contributed by atoms with Crippen LogP contribution in [0.15, 0.2) is 55.0 Å². The number of halogens is 1. The van der Waals surface area contributed by atoms with E-state index < -0.39 is 0 Å². The molecule has 0 aliphatic heterocycles. The van der Waals surface area contributed by atoms with Gasteiger partial charge in [0.15, 0.2) is 5.82 Å². The van der Waals surface area contributed by atoms with Crippen LogP contribution in [0, 0.1) is 0 Å². The Bertz CT molecular complexity index is 911. The zero-order valence-electron chi connectivity index (χ0n) is 11.4. The van der Waals surface area contributed by atoms with Crippen LogP contribution in [-0.2, 0) is 0 Å². The van der Waals surface area contributed by atoms with Gasteiger partial charge in [-0.05, 0) is 41.4 Å². The van der Waals surface area contributed by atoms with E-state index in [1.165, 1.54) is 0 Å². The minimum absolute atomic E-state index is 0.196. The first-order valence-electron chi connectivity index (χ1n) is 6.67. The van der Waals surface area contributed by atoms with Crippen LogP contribution in [-0.4, -0.2) is 24.8 Å². The van der Waals surface area contributed by atoms with Crippen molar-refractivity contribution in [3.8, 4) is 11.1 Å². The van der Waals surface area contributed by atoms with E-state index in [9.17, 15) is 0 Å². The summed E-state index contributed by atoms with van der Waals surface area (Å²) >= 11 is 5.95. The number of H-pyrrole nitrogens is 1. The number of fused-ring (bicyclic) bond motifs is 1.